The molecule has 0 aromatic carbocycles. The van der Waals surface area contributed by atoms with E-state index in [1.165, 1.54) is 27.7 Å². The first-order valence-corrected chi connectivity index (χ1v) is 6.19. The van der Waals surface area contributed by atoms with E-state index in [1.807, 2.05) is 0 Å². The van der Waals surface area contributed by atoms with Gasteiger partial charge in [-0.3, -0.25) is 4.57 Å². The van der Waals surface area contributed by atoms with Gasteiger partial charge in [0.15, 0.2) is 9.62 Å². The van der Waals surface area contributed by atoms with E-state index >= 15 is 0 Å². The lowest BCUT2D eigenvalue weighted by molar-refractivity contribution is 0.766. The standard InChI is InChI=1S/C7H7ClN4OS2/c1-12-6(13)10-11-7(12)14-3-4-2-9-5(8)15-4/h2H,3H2,1H3,(H,10,13). The molecule has 2 aromatic heterocycles. The predicted octanol–water partition coefficient (Wildman–Crippen LogP) is 1.51. The number of thiazole rings is 1. The molecule has 0 amide bonds. The van der Waals surface area contributed by atoms with E-state index in [0.717, 1.165) is 4.88 Å². The molecule has 0 unspecified atom stereocenters. The van der Waals surface area contributed by atoms with Gasteiger partial charge in [-0.15, -0.1) is 16.4 Å². The first-order chi connectivity index (χ1) is 7.16. The van der Waals surface area contributed by atoms with Crippen molar-refractivity contribution in [2.75, 3.05) is 0 Å². The minimum absolute atomic E-state index is 0.208. The van der Waals surface area contributed by atoms with Crippen LogP contribution in [0.15, 0.2) is 16.1 Å². The van der Waals surface area contributed by atoms with Gasteiger partial charge in [0.25, 0.3) is 0 Å². The van der Waals surface area contributed by atoms with E-state index in [4.69, 9.17) is 11.6 Å². The average Bonchev–Trinajstić information content (AvgIpc) is 2.74. The molecule has 0 bridgehead atoms. The molecule has 8 heteroatoms. The van der Waals surface area contributed by atoms with Gasteiger partial charge in [0.1, 0.15) is 0 Å². The maximum Gasteiger partial charge on any atom is 0.343 e. The number of nitrogens with zero attached hydrogens (tertiary/aromatic N) is 3. The maximum absolute atomic E-state index is 11.1. The molecule has 15 heavy (non-hydrogen) atoms. The highest BCUT2D eigenvalue weighted by molar-refractivity contribution is 7.98. The summed E-state index contributed by atoms with van der Waals surface area (Å²) in [5, 5.41) is 6.91. The zero-order chi connectivity index (χ0) is 10.8. The fourth-order valence-corrected chi connectivity index (χ4v) is 2.87. The topological polar surface area (TPSA) is 63.6 Å². The summed E-state index contributed by atoms with van der Waals surface area (Å²) >= 11 is 8.59. The number of rotatable bonds is 3. The Kier molecular flexibility index (Phi) is 3.13. The molecule has 0 aliphatic rings. The third kappa shape index (κ3) is 2.42. The van der Waals surface area contributed by atoms with E-state index in [0.29, 0.717) is 15.4 Å². The number of hydrogen-bond donors (Lipinski definition) is 1. The van der Waals surface area contributed by atoms with Crippen LogP contribution in [0.5, 0.6) is 0 Å². The average molecular weight is 263 g/mol. The Bertz CT molecular complexity index is 517. The molecule has 0 radical (unpaired) electrons. The Hall–Kier alpha value is -0.790. The van der Waals surface area contributed by atoms with Gasteiger partial charge >= 0.3 is 5.69 Å². The summed E-state index contributed by atoms with van der Waals surface area (Å²) in [6.07, 6.45) is 1.73. The lowest BCUT2D eigenvalue weighted by Gasteiger charge is -1.96. The minimum Gasteiger partial charge on any atom is -0.273 e. The van der Waals surface area contributed by atoms with Crippen LogP contribution in [0.1, 0.15) is 4.88 Å². The van der Waals surface area contributed by atoms with Crippen molar-refractivity contribution in [2.45, 2.75) is 10.9 Å². The molecule has 2 rings (SSSR count). The molecule has 0 fully saturated rings. The Morgan fingerprint density at radius 3 is 3.07 bits per heavy atom. The molecule has 0 atom stereocenters. The minimum atomic E-state index is -0.208. The fourth-order valence-electron chi connectivity index (χ4n) is 0.948. The normalized spacial score (nSPS) is 10.8. The summed E-state index contributed by atoms with van der Waals surface area (Å²) in [4.78, 5) is 16.0. The van der Waals surface area contributed by atoms with Crippen molar-refractivity contribution in [1.82, 2.24) is 19.7 Å². The second-order valence-corrected chi connectivity index (χ2v) is 5.38. The first kappa shape index (κ1) is 10.7. The number of halogens is 1. The third-order valence-corrected chi connectivity index (χ3v) is 4.08. The van der Waals surface area contributed by atoms with Crippen LogP contribution in [0.2, 0.25) is 4.47 Å². The second kappa shape index (κ2) is 4.38. The lowest BCUT2D eigenvalue weighted by Crippen LogP contribution is -2.12. The Balaban J connectivity index is 2.05. The summed E-state index contributed by atoms with van der Waals surface area (Å²) in [6, 6.07) is 0. The highest BCUT2D eigenvalue weighted by atomic mass is 35.5. The summed E-state index contributed by atoms with van der Waals surface area (Å²) in [5.41, 5.74) is -0.208. The van der Waals surface area contributed by atoms with E-state index < -0.39 is 0 Å². The summed E-state index contributed by atoms with van der Waals surface area (Å²) in [7, 11) is 1.67. The van der Waals surface area contributed by atoms with Gasteiger partial charge in [-0.25, -0.2) is 14.9 Å². The Morgan fingerprint density at radius 2 is 2.53 bits per heavy atom. The Morgan fingerprint density at radius 1 is 1.73 bits per heavy atom. The molecule has 0 aliphatic heterocycles. The van der Waals surface area contributed by atoms with Gasteiger partial charge in [-0.2, -0.15) is 0 Å². The number of hydrogen-bond acceptors (Lipinski definition) is 5. The second-order valence-electron chi connectivity index (χ2n) is 2.74. The molecule has 0 aliphatic carbocycles. The highest BCUT2D eigenvalue weighted by Crippen LogP contribution is 2.25. The molecule has 0 spiro atoms. The fraction of sp³-hybridized carbons (Fsp3) is 0.286. The van der Waals surface area contributed by atoms with E-state index in [2.05, 4.69) is 15.2 Å². The largest absolute Gasteiger partial charge is 0.343 e. The van der Waals surface area contributed by atoms with E-state index in [-0.39, 0.29) is 5.69 Å². The van der Waals surface area contributed by atoms with Crippen LogP contribution in [0.4, 0.5) is 0 Å². The van der Waals surface area contributed by atoms with Crippen molar-refractivity contribution in [3.05, 3.63) is 26.0 Å². The molecule has 0 saturated heterocycles. The zero-order valence-corrected chi connectivity index (χ0v) is 10.1. The van der Waals surface area contributed by atoms with Crippen molar-refractivity contribution in [3.8, 4) is 0 Å². The van der Waals surface area contributed by atoms with Crippen LogP contribution in [-0.4, -0.2) is 19.7 Å². The molecular weight excluding hydrogens is 256 g/mol. The monoisotopic (exact) mass is 262 g/mol. The Labute approximate surface area is 98.5 Å². The molecule has 2 aromatic rings. The van der Waals surface area contributed by atoms with Gasteiger partial charge in [0.05, 0.1) is 0 Å². The molecule has 2 heterocycles. The number of aromatic nitrogens is 4. The summed E-state index contributed by atoms with van der Waals surface area (Å²) in [6.45, 7) is 0. The van der Waals surface area contributed by atoms with Crippen molar-refractivity contribution in [2.24, 2.45) is 7.05 Å². The first-order valence-electron chi connectivity index (χ1n) is 4.01. The number of aromatic amines is 1. The van der Waals surface area contributed by atoms with Crippen LogP contribution < -0.4 is 5.69 Å². The van der Waals surface area contributed by atoms with E-state index in [1.54, 1.807) is 13.2 Å². The molecule has 80 valence electrons. The third-order valence-electron chi connectivity index (χ3n) is 1.71. The molecule has 1 N–H and O–H groups in total. The van der Waals surface area contributed by atoms with Crippen LogP contribution in [0.25, 0.3) is 0 Å². The highest BCUT2D eigenvalue weighted by Gasteiger charge is 2.06. The zero-order valence-electron chi connectivity index (χ0n) is 7.73. The van der Waals surface area contributed by atoms with Gasteiger partial charge < -0.3 is 0 Å². The summed E-state index contributed by atoms with van der Waals surface area (Å²) < 4.78 is 1.99. The quantitative estimate of drug-likeness (QED) is 0.852. The van der Waals surface area contributed by atoms with Crippen molar-refractivity contribution in [3.63, 3.8) is 0 Å². The lowest BCUT2D eigenvalue weighted by atomic mass is 10.6. The van der Waals surface area contributed by atoms with Gasteiger partial charge in [0, 0.05) is 23.9 Å². The number of nitrogens with one attached hydrogen (secondary N) is 1. The molecule has 5 nitrogen and oxygen atoms in total. The maximum atomic E-state index is 11.1. The summed E-state index contributed by atoms with van der Waals surface area (Å²) in [5.74, 6) is 0.711. The SMILES string of the molecule is Cn1c(SCc2cnc(Cl)s2)n[nH]c1=O. The van der Waals surface area contributed by atoms with E-state index in [9.17, 15) is 4.79 Å². The molecule has 0 saturated carbocycles. The molecular formula is C7H7ClN4OS2. The van der Waals surface area contributed by atoms with Crippen LogP contribution in [0, 0.1) is 0 Å². The van der Waals surface area contributed by atoms with Gasteiger partial charge in [-0.1, -0.05) is 23.4 Å². The van der Waals surface area contributed by atoms with Crippen molar-refractivity contribution < 1.29 is 0 Å². The predicted molar refractivity (Wildman–Crippen MR) is 60.5 cm³/mol. The number of thioether (sulfide) groups is 1. The van der Waals surface area contributed by atoms with Crippen LogP contribution >= 0.6 is 34.7 Å². The van der Waals surface area contributed by atoms with Crippen LogP contribution in [-0.2, 0) is 12.8 Å². The van der Waals surface area contributed by atoms with Gasteiger partial charge in [0.2, 0.25) is 0 Å². The number of H-pyrrole nitrogens is 1. The van der Waals surface area contributed by atoms with Crippen LogP contribution in [0.3, 0.4) is 0 Å². The van der Waals surface area contributed by atoms with Gasteiger partial charge in [-0.05, 0) is 0 Å². The smallest absolute Gasteiger partial charge is 0.273 e. The van der Waals surface area contributed by atoms with Crippen molar-refractivity contribution >= 4 is 34.7 Å². The van der Waals surface area contributed by atoms with Crippen molar-refractivity contribution in [1.29, 1.82) is 0 Å².